The number of fused-ring (bicyclic) bond motifs is 1. The SMILES string of the molecule is O=C(c1sccc1Cl)c1c[nH]c2cccc(Cl)c12. The fourth-order valence-electron chi connectivity index (χ4n) is 1.90. The van der Waals surface area contributed by atoms with Crippen LogP contribution in [0.25, 0.3) is 10.9 Å². The third kappa shape index (κ3) is 1.75. The zero-order valence-corrected chi connectivity index (χ0v) is 11.4. The average molecular weight is 296 g/mol. The van der Waals surface area contributed by atoms with Gasteiger partial charge in [-0.15, -0.1) is 11.3 Å². The summed E-state index contributed by atoms with van der Waals surface area (Å²) < 4.78 is 0. The number of hydrogen-bond acceptors (Lipinski definition) is 2. The molecule has 0 saturated carbocycles. The lowest BCUT2D eigenvalue weighted by molar-refractivity contribution is 0.104. The van der Waals surface area contributed by atoms with Crippen molar-refractivity contribution in [2.24, 2.45) is 0 Å². The third-order valence-corrected chi connectivity index (χ3v) is 4.38. The summed E-state index contributed by atoms with van der Waals surface area (Å²) >= 11 is 13.5. The molecule has 18 heavy (non-hydrogen) atoms. The van der Waals surface area contributed by atoms with Gasteiger partial charge in [0.15, 0.2) is 0 Å². The zero-order valence-electron chi connectivity index (χ0n) is 9.04. The van der Waals surface area contributed by atoms with Crippen molar-refractivity contribution in [3.05, 3.63) is 56.3 Å². The molecular weight excluding hydrogens is 289 g/mol. The van der Waals surface area contributed by atoms with E-state index in [9.17, 15) is 4.79 Å². The van der Waals surface area contributed by atoms with E-state index in [4.69, 9.17) is 23.2 Å². The summed E-state index contributed by atoms with van der Waals surface area (Å²) in [7, 11) is 0. The number of H-pyrrole nitrogens is 1. The Kier molecular flexibility index (Phi) is 2.90. The lowest BCUT2D eigenvalue weighted by Gasteiger charge is -1.99. The van der Waals surface area contributed by atoms with Gasteiger partial charge >= 0.3 is 0 Å². The van der Waals surface area contributed by atoms with Gasteiger partial charge in [-0.05, 0) is 23.6 Å². The summed E-state index contributed by atoms with van der Waals surface area (Å²) in [6, 6.07) is 7.21. The average Bonchev–Trinajstić information content (AvgIpc) is 2.95. The molecule has 1 N–H and O–H groups in total. The molecule has 0 aliphatic rings. The molecule has 3 aromatic rings. The summed E-state index contributed by atoms with van der Waals surface area (Å²) in [5, 5.41) is 3.58. The fourth-order valence-corrected chi connectivity index (χ4v) is 3.27. The van der Waals surface area contributed by atoms with E-state index in [1.54, 1.807) is 23.7 Å². The van der Waals surface area contributed by atoms with Crippen molar-refractivity contribution in [3.8, 4) is 0 Å². The number of halogens is 2. The van der Waals surface area contributed by atoms with Gasteiger partial charge in [-0.2, -0.15) is 0 Å². The minimum atomic E-state index is -0.102. The van der Waals surface area contributed by atoms with Crippen molar-refractivity contribution in [3.63, 3.8) is 0 Å². The van der Waals surface area contributed by atoms with Gasteiger partial charge in [-0.1, -0.05) is 29.3 Å². The number of ketones is 1. The Bertz CT molecular complexity index is 744. The van der Waals surface area contributed by atoms with E-state index in [0.29, 0.717) is 20.5 Å². The molecule has 0 fully saturated rings. The highest BCUT2D eigenvalue weighted by atomic mass is 35.5. The number of carbonyl (C=O) groups excluding carboxylic acids is 1. The van der Waals surface area contributed by atoms with E-state index in [0.717, 1.165) is 10.9 Å². The number of rotatable bonds is 2. The number of aromatic amines is 1. The molecule has 1 aromatic carbocycles. The number of thiophene rings is 1. The van der Waals surface area contributed by atoms with Crippen LogP contribution in [0.2, 0.25) is 10.0 Å². The second kappa shape index (κ2) is 4.43. The Morgan fingerprint density at radius 3 is 2.72 bits per heavy atom. The van der Waals surface area contributed by atoms with Crippen LogP contribution in [0, 0.1) is 0 Å². The summed E-state index contributed by atoms with van der Waals surface area (Å²) in [5.74, 6) is -0.102. The van der Waals surface area contributed by atoms with Gasteiger partial charge in [0, 0.05) is 17.1 Å². The maximum atomic E-state index is 12.4. The summed E-state index contributed by atoms with van der Waals surface area (Å²) in [4.78, 5) is 16.0. The van der Waals surface area contributed by atoms with E-state index in [2.05, 4.69) is 4.98 Å². The van der Waals surface area contributed by atoms with Crippen LogP contribution in [0.5, 0.6) is 0 Å². The second-order valence-corrected chi connectivity index (χ2v) is 5.52. The predicted octanol–water partition coefficient (Wildman–Crippen LogP) is 4.77. The summed E-state index contributed by atoms with van der Waals surface area (Å²) in [6.07, 6.45) is 1.68. The molecule has 0 saturated heterocycles. The van der Waals surface area contributed by atoms with Crippen LogP contribution >= 0.6 is 34.5 Å². The van der Waals surface area contributed by atoms with Gasteiger partial charge in [-0.3, -0.25) is 4.79 Å². The molecule has 0 unspecified atom stereocenters. The number of aromatic nitrogens is 1. The molecule has 0 spiro atoms. The molecule has 5 heteroatoms. The molecule has 0 bridgehead atoms. The molecule has 0 radical (unpaired) electrons. The normalized spacial score (nSPS) is 11.0. The van der Waals surface area contributed by atoms with Crippen molar-refractivity contribution < 1.29 is 4.79 Å². The van der Waals surface area contributed by atoms with Gasteiger partial charge in [0.1, 0.15) is 0 Å². The monoisotopic (exact) mass is 295 g/mol. The smallest absolute Gasteiger partial charge is 0.206 e. The van der Waals surface area contributed by atoms with Crippen molar-refractivity contribution >= 4 is 51.2 Å². The number of carbonyl (C=O) groups is 1. The van der Waals surface area contributed by atoms with E-state index in [1.165, 1.54) is 11.3 Å². The topological polar surface area (TPSA) is 32.9 Å². The van der Waals surface area contributed by atoms with E-state index >= 15 is 0 Å². The molecule has 0 aliphatic carbocycles. The van der Waals surface area contributed by atoms with Crippen LogP contribution < -0.4 is 0 Å². The minimum Gasteiger partial charge on any atom is -0.360 e. The highest BCUT2D eigenvalue weighted by Crippen LogP contribution is 2.31. The minimum absolute atomic E-state index is 0.102. The molecule has 2 nitrogen and oxygen atoms in total. The molecule has 0 atom stereocenters. The van der Waals surface area contributed by atoms with Crippen molar-refractivity contribution in [1.82, 2.24) is 4.98 Å². The molecule has 2 aromatic heterocycles. The van der Waals surface area contributed by atoms with Crippen LogP contribution in [-0.2, 0) is 0 Å². The molecule has 0 amide bonds. The van der Waals surface area contributed by atoms with Crippen LogP contribution in [0.1, 0.15) is 15.2 Å². The number of hydrogen-bond donors (Lipinski definition) is 1. The Morgan fingerprint density at radius 2 is 2.00 bits per heavy atom. The van der Waals surface area contributed by atoms with Crippen LogP contribution in [0.15, 0.2) is 35.8 Å². The van der Waals surface area contributed by atoms with Gasteiger partial charge in [0.05, 0.1) is 20.5 Å². The van der Waals surface area contributed by atoms with E-state index in [1.807, 2.05) is 12.1 Å². The highest BCUT2D eigenvalue weighted by molar-refractivity contribution is 7.13. The first-order chi connectivity index (χ1) is 8.68. The lowest BCUT2D eigenvalue weighted by atomic mass is 10.1. The first-order valence-corrected chi connectivity index (χ1v) is 6.85. The maximum absolute atomic E-state index is 12.4. The predicted molar refractivity (Wildman–Crippen MR) is 76.1 cm³/mol. The number of benzene rings is 1. The molecule has 2 heterocycles. The third-order valence-electron chi connectivity index (χ3n) is 2.72. The van der Waals surface area contributed by atoms with Gasteiger partial charge in [-0.25, -0.2) is 0 Å². The Morgan fingerprint density at radius 1 is 1.17 bits per heavy atom. The maximum Gasteiger partial charge on any atom is 0.206 e. The molecule has 0 aliphatic heterocycles. The van der Waals surface area contributed by atoms with Crippen molar-refractivity contribution in [2.75, 3.05) is 0 Å². The Hall–Kier alpha value is -1.29. The van der Waals surface area contributed by atoms with Gasteiger partial charge < -0.3 is 4.98 Å². The van der Waals surface area contributed by atoms with Crippen molar-refractivity contribution in [1.29, 1.82) is 0 Å². The summed E-state index contributed by atoms with van der Waals surface area (Å²) in [5.41, 5.74) is 1.40. The number of nitrogens with one attached hydrogen (secondary N) is 1. The first kappa shape index (κ1) is 11.8. The van der Waals surface area contributed by atoms with Gasteiger partial charge in [0.2, 0.25) is 5.78 Å². The molecular formula is C13H7Cl2NOS. The standard InChI is InChI=1S/C13H7Cl2NOS/c14-8-2-1-3-10-11(8)7(6-16-10)12(17)13-9(15)4-5-18-13/h1-6,16H. The molecule has 3 rings (SSSR count). The summed E-state index contributed by atoms with van der Waals surface area (Å²) in [6.45, 7) is 0. The van der Waals surface area contributed by atoms with Crippen LogP contribution in [0.4, 0.5) is 0 Å². The molecule has 90 valence electrons. The Balaban J connectivity index is 2.22. The highest BCUT2D eigenvalue weighted by Gasteiger charge is 2.19. The van der Waals surface area contributed by atoms with Crippen LogP contribution in [0.3, 0.4) is 0 Å². The lowest BCUT2D eigenvalue weighted by Crippen LogP contribution is -1.98. The van der Waals surface area contributed by atoms with E-state index < -0.39 is 0 Å². The van der Waals surface area contributed by atoms with Crippen LogP contribution in [-0.4, -0.2) is 10.8 Å². The van der Waals surface area contributed by atoms with Gasteiger partial charge in [0.25, 0.3) is 0 Å². The zero-order chi connectivity index (χ0) is 12.7. The Labute approximate surface area is 117 Å². The first-order valence-electron chi connectivity index (χ1n) is 5.22. The largest absolute Gasteiger partial charge is 0.360 e. The quantitative estimate of drug-likeness (QED) is 0.679. The fraction of sp³-hybridized carbons (Fsp3) is 0. The van der Waals surface area contributed by atoms with Crippen molar-refractivity contribution in [2.45, 2.75) is 0 Å². The van der Waals surface area contributed by atoms with E-state index in [-0.39, 0.29) is 5.78 Å². The second-order valence-electron chi connectivity index (χ2n) is 3.79.